The molecule has 0 bridgehead atoms. The van der Waals surface area contributed by atoms with Crippen molar-refractivity contribution in [3.05, 3.63) is 65.2 Å². The van der Waals surface area contributed by atoms with E-state index in [-0.39, 0.29) is 12.2 Å². The number of methoxy groups -OCH3 is 1. The number of benzene rings is 2. The molecular formula is C28H33N3O7. The molecule has 0 aliphatic rings. The van der Waals surface area contributed by atoms with Crippen LogP contribution in [0.4, 0.5) is 4.79 Å². The van der Waals surface area contributed by atoms with Crippen LogP contribution in [0.15, 0.2) is 48.5 Å². The Morgan fingerprint density at radius 3 is 2.29 bits per heavy atom. The molecule has 0 spiro atoms. The predicted molar refractivity (Wildman–Crippen MR) is 140 cm³/mol. The molecule has 2 aromatic rings. The lowest BCUT2D eigenvalue weighted by atomic mass is 9.97. The van der Waals surface area contributed by atoms with Gasteiger partial charge in [0.25, 0.3) is 0 Å². The average Bonchev–Trinajstić information content (AvgIpc) is 2.86. The summed E-state index contributed by atoms with van der Waals surface area (Å²) in [6.45, 7) is 4.65. The van der Waals surface area contributed by atoms with E-state index in [2.05, 4.69) is 21.3 Å². The molecule has 0 heterocycles. The van der Waals surface area contributed by atoms with Gasteiger partial charge in [-0.1, -0.05) is 36.3 Å². The number of likely N-dealkylation sites (N-methyl/N-ethyl adjacent to an activating group) is 1. The molecule has 2 aromatic carbocycles. The number of hydrogen-bond acceptors (Lipinski definition) is 7. The number of rotatable bonds is 9. The molecule has 10 nitrogen and oxygen atoms in total. The Bertz CT molecular complexity index is 1200. The summed E-state index contributed by atoms with van der Waals surface area (Å²) in [5, 5.41) is 14.7. The fourth-order valence-electron chi connectivity index (χ4n) is 3.61. The maximum atomic E-state index is 13.8. The Labute approximate surface area is 222 Å². The number of amides is 3. The largest absolute Gasteiger partial charge is 0.508 e. The first kappa shape index (κ1) is 29.7. The van der Waals surface area contributed by atoms with Crippen molar-refractivity contribution in [2.24, 2.45) is 0 Å². The fraction of sp³-hybridized carbons (Fsp3) is 0.357. The minimum atomic E-state index is -1.23. The zero-order valence-electron chi connectivity index (χ0n) is 22.1. The van der Waals surface area contributed by atoms with Gasteiger partial charge in [-0.15, -0.1) is 6.42 Å². The van der Waals surface area contributed by atoms with Crippen LogP contribution in [0.3, 0.4) is 0 Å². The summed E-state index contributed by atoms with van der Waals surface area (Å²) in [4.78, 5) is 52.5. The van der Waals surface area contributed by atoms with E-state index in [1.54, 1.807) is 57.2 Å². The van der Waals surface area contributed by atoms with Crippen molar-refractivity contribution in [2.45, 2.75) is 44.9 Å². The highest BCUT2D eigenvalue weighted by Gasteiger charge is 2.35. The van der Waals surface area contributed by atoms with Crippen LogP contribution in [0.5, 0.6) is 5.75 Å². The van der Waals surface area contributed by atoms with Crippen LogP contribution >= 0.6 is 0 Å². The number of nitrogens with one attached hydrogen (secondary N) is 2. The van der Waals surface area contributed by atoms with E-state index in [4.69, 9.17) is 11.2 Å². The fourth-order valence-corrected chi connectivity index (χ4v) is 3.61. The monoisotopic (exact) mass is 523 g/mol. The van der Waals surface area contributed by atoms with Gasteiger partial charge in [0.1, 0.15) is 30.0 Å². The summed E-state index contributed by atoms with van der Waals surface area (Å²) in [6, 6.07) is 10.4. The molecule has 0 radical (unpaired) electrons. The van der Waals surface area contributed by atoms with Gasteiger partial charge in [0.15, 0.2) is 0 Å². The van der Waals surface area contributed by atoms with Crippen LogP contribution in [0.25, 0.3) is 0 Å². The maximum Gasteiger partial charge on any atom is 0.408 e. The number of carbonyl (C=O) groups excluding carboxylic acids is 4. The molecule has 0 aliphatic heterocycles. The van der Waals surface area contributed by atoms with Crippen molar-refractivity contribution in [1.82, 2.24) is 15.5 Å². The van der Waals surface area contributed by atoms with Crippen LogP contribution in [0, 0.1) is 12.3 Å². The van der Waals surface area contributed by atoms with Gasteiger partial charge < -0.3 is 30.1 Å². The molecule has 0 saturated heterocycles. The molecular weight excluding hydrogens is 490 g/mol. The Kier molecular flexibility index (Phi) is 10.3. The Balaban J connectivity index is 2.46. The van der Waals surface area contributed by atoms with E-state index in [0.717, 1.165) is 4.90 Å². The number of terminal acetylenes is 1. The lowest BCUT2D eigenvalue weighted by Crippen LogP contribution is -2.52. The standard InChI is InChI=1S/C28H33N3O7/c1-7-19-10-8-9-11-21(19)24(25(34)29-17-23(33)37-6)31(5)26(35)22(30-27(36)38-28(2,3)4)16-18-12-14-20(32)15-13-18/h1,8-15,22,24,32H,16-17H2,2-6H3,(H,29,34)(H,30,36). The molecule has 3 amide bonds. The summed E-state index contributed by atoms with van der Waals surface area (Å²) >= 11 is 0. The second-order valence-corrected chi connectivity index (χ2v) is 9.45. The third-order valence-corrected chi connectivity index (χ3v) is 5.39. The normalized spacial score (nSPS) is 12.3. The molecule has 10 heteroatoms. The molecule has 3 N–H and O–H groups in total. The number of phenols is 1. The zero-order chi connectivity index (χ0) is 28.5. The first-order valence-electron chi connectivity index (χ1n) is 11.8. The highest BCUT2D eigenvalue weighted by atomic mass is 16.6. The highest BCUT2D eigenvalue weighted by molar-refractivity contribution is 5.93. The van der Waals surface area contributed by atoms with Crippen LogP contribution < -0.4 is 10.6 Å². The van der Waals surface area contributed by atoms with E-state index in [0.29, 0.717) is 16.7 Å². The second kappa shape index (κ2) is 13.1. The summed E-state index contributed by atoms with van der Waals surface area (Å²) in [5.41, 5.74) is 0.556. The van der Waals surface area contributed by atoms with Gasteiger partial charge in [-0.3, -0.25) is 14.4 Å². The molecule has 0 aliphatic carbocycles. The van der Waals surface area contributed by atoms with Crippen LogP contribution in [-0.2, 0) is 30.3 Å². The molecule has 2 atom stereocenters. The van der Waals surface area contributed by atoms with Gasteiger partial charge in [-0.2, -0.15) is 0 Å². The minimum Gasteiger partial charge on any atom is -0.508 e. The lowest BCUT2D eigenvalue weighted by Gasteiger charge is -2.32. The van der Waals surface area contributed by atoms with E-state index in [1.165, 1.54) is 26.3 Å². The van der Waals surface area contributed by atoms with Gasteiger partial charge in [0, 0.05) is 19.0 Å². The number of phenolic OH excluding ortho intramolecular Hbond substituents is 1. The number of hydrogen-bond donors (Lipinski definition) is 3. The van der Waals surface area contributed by atoms with Crippen molar-refractivity contribution in [2.75, 3.05) is 20.7 Å². The Morgan fingerprint density at radius 1 is 1.08 bits per heavy atom. The predicted octanol–water partition coefficient (Wildman–Crippen LogP) is 2.30. The zero-order valence-corrected chi connectivity index (χ0v) is 22.1. The highest BCUT2D eigenvalue weighted by Crippen LogP contribution is 2.25. The van der Waals surface area contributed by atoms with Gasteiger partial charge >= 0.3 is 12.1 Å². The van der Waals surface area contributed by atoms with Crippen LogP contribution in [0.2, 0.25) is 0 Å². The first-order valence-corrected chi connectivity index (χ1v) is 11.8. The van der Waals surface area contributed by atoms with Crippen LogP contribution in [-0.4, -0.2) is 66.2 Å². The summed E-state index contributed by atoms with van der Waals surface area (Å²) in [7, 11) is 2.59. The lowest BCUT2D eigenvalue weighted by molar-refractivity contribution is -0.143. The van der Waals surface area contributed by atoms with Crippen molar-refractivity contribution in [3.63, 3.8) is 0 Å². The molecule has 2 rings (SSSR count). The van der Waals surface area contributed by atoms with Crippen molar-refractivity contribution >= 4 is 23.9 Å². The molecule has 0 aromatic heterocycles. The van der Waals surface area contributed by atoms with Crippen molar-refractivity contribution < 1.29 is 33.8 Å². The van der Waals surface area contributed by atoms with Crippen LogP contribution in [0.1, 0.15) is 43.5 Å². The Morgan fingerprint density at radius 2 is 1.71 bits per heavy atom. The van der Waals surface area contributed by atoms with E-state index >= 15 is 0 Å². The van der Waals surface area contributed by atoms with Crippen molar-refractivity contribution in [1.29, 1.82) is 0 Å². The van der Waals surface area contributed by atoms with E-state index < -0.39 is 48.1 Å². The Hall–Kier alpha value is -4.52. The molecule has 202 valence electrons. The molecule has 0 saturated carbocycles. The third-order valence-electron chi connectivity index (χ3n) is 5.39. The number of ether oxygens (including phenoxy) is 2. The first-order chi connectivity index (χ1) is 17.9. The number of alkyl carbamates (subject to hydrolysis) is 1. The number of nitrogens with zero attached hydrogens (tertiary/aromatic N) is 1. The van der Waals surface area contributed by atoms with E-state index in [9.17, 15) is 24.3 Å². The summed E-state index contributed by atoms with van der Waals surface area (Å²) < 4.78 is 9.93. The molecule has 2 unspecified atom stereocenters. The summed E-state index contributed by atoms with van der Waals surface area (Å²) in [6.07, 6.45) is 4.87. The summed E-state index contributed by atoms with van der Waals surface area (Å²) in [5.74, 6) is 0.592. The SMILES string of the molecule is C#Cc1ccccc1C(C(=O)NCC(=O)OC)N(C)C(=O)C(Cc1ccc(O)cc1)NC(=O)OC(C)(C)C. The number of aromatic hydroxyl groups is 1. The smallest absolute Gasteiger partial charge is 0.408 e. The number of carbonyl (C=O) groups is 4. The second-order valence-electron chi connectivity index (χ2n) is 9.45. The molecule has 38 heavy (non-hydrogen) atoms. The van der Waals surface area contributed by atoms with Gasteiger partial charge in [-0.05, 0) is 50.1 Å². The van der Waals surface area contributed by atoms with Gasteiger partial charge in [0.2, 0.25) is 11.8 Å². The number of esters is 1. The quantitative estimate of drug-likeness (QED) is 0.339. The average molecular weight is 524 g/mol. The maximum absolute atomic E-state index is 13.8. The third kappa shape index (κ3) is 8.55. The van der Waals surface area contributed by atoms with Gasteiger partial charge in [-0.25, -0.2) is 4.79 Å². The topological polar surface area (TPSA) is 134 Å². The van der Waals surface area contributed by atoms with Gasteiger partial charge in [0.05, 0.1) is 7.11 Å². The van der Waals surface area contributed by atoms with E-state index in [1.807, 2.05) is 0 Å². The van der Waals surface area contributed by atoms with Crippen molar-refractivity contribution in [3.8, 4) is 18.1 Å². The minimum absolute atomic E-state index is 0.0377. The molecule has 0 fully saturated rings.